The number of alkyl halides is 1. The molecule has 4 rings (SSSR count). The summed E-state index contributed by atoms with van der Waals surface area (Å²) in [5.74, 6) is 1.42. The lowest BCUT2D eigenvalue weighted by atomic mass is 9.47. The summed E-state index contributed by atoms with van der Waals surface area (Å²) in [5, 5.41) is 20.5. The van der Waals surface area contributed by atoms with E-state index in [0.717, 1.165) is 38.5 Å². The largest absolute Gasteiger partial charge is 0.393 e. The highest BCUT2D eigenvalue weighted by molar-refractivity contribution is 5.30. The predicted molar refractivity (Wildman–Crippen MR) is 88.6 cm³/mol. The van der Waals surface area contributed by atoms with Crippen LogP contribution >= 0.6 is 0 Å². The first-order valence-corrected chi connectivity index (χ1v) is 9.46. The molecule has 2 N–H and O–H groups in total. The molecule has 8 atom stereocenters. The van der Waals surface area contributed by atoms with Crippen molar-refractivity contribution in [3.8, 4) is 0 Å². The van der Waals surface area contributed by atoms with E-state index in [1.54, 1.807) is 0 Å². The van der Waals surface area contributed by atoms with Gasteiger partial charge in [0, 0.05) is 0 Å². The van der Waals surface area contributed by atoms with Crippen molar-refractivity contribution in [1.82, 2.24) is 0 Å². The second-order valence-corrected chi connectivity index (χ2v) is 9.39. The standard InChI is InChI=1S/C20H31FO2/c1-11-8-13-14(19(2)6-4-12(22)9-15(11)19)5-7-20(3)16(13)10-17(21)18(20)23/h12-14,16-18,22-23H,4-10H2,1-3H3/t12?,13-,14-,16+,17?,18?,19-,20+/m1/s1. The minimum atomic E-state index is -1.05. The van der Waals surface area contributed by atoms with Crippen LogP contribution in [0.4, 0.5) is 4.39 Å². The zero-order valence-electron chi connectivity index (χ0n) is 14.7. The fourth-order valence-electron chi connectivity index (χ4n) is 7.04. The monoisotopic (exact) mass is 322 g/mol. The van der Waals surface area contributed by atoms with E-state index in [0.29, 0.717) is 24.2 Å². The van der Waals surface area contributed by atoms with E-state index in [2.05, 4.69) is 20.8 Å². The SMILES string of the molecule is CC1=C2CC(O)CC[C@]2(C)[C@@H]2CC[C@]3(C)C(O)C(F)C[C@H]3[C@@H]2C1. The van der Waals surface area contributed by atoms with Gasteiger partial charge in [0.2, 0.25) is 0 Å². The second kappa shape index (κ2) is 5.05. The molecule has 0 radical (unpaired) electrons. The molecule has 130 valence electrons. The van der Waals surface area contributed by atoms with Crippen LogP contribution in [0.25, 0.3) is 0 Å². The molecule has 0 aliphatic heterocycles. The highest BCUT2D eigenvalue weighted by Gasteiger charge is 2.61. The summed E-state index contributed by atoms with van der Waals surface area (Å²) in [6.45, 7) is 6.75. The Kier molecular flexibility index (Phi) is 3.53. The van der Waals surface area contributed by atoms with Crippen LogP contribution in [-0.2, 0) is 0 Å². The van der Waals surface area contributed by atoms with Gasteiger partial charge in [-0.1, -0.05) is 25.0 Å². The van der Waals surface area contributed by atoms with Gasteiger partial charge in [-0.2, -0.15) is 0 Å². The fourth-order valence-corrected chi connectivity index (χ4v) is 7.04. The van der Waals surface area contributed by atoms with E-state index in [-0.39, 0.29) is 16.9 Å². The predicted octanol–water partition coefficient (Wildman–Crippen LogP) is 4.01. The van der Waals surface area contributed by atoms with E-state index in [1.165, 1.54) is 11.1 Å². The van der Waals surface area contributed by atoms with Crippen LogP contribution in [0.2, 0.25) is 0 Å². The van der Waals surface area contributed by atoms with Gasteiger partial charge >= 0.3 is 0 Å². The summed E-state index contributed by atoms with van der Waals surface area (Å²) >= 11 is 0. The molecule has 0 aromatic rings. The van der Waals surface area contributed by atoms with Crippen molar-refractivity contribution >= 4 is 0 Å². The Hall–Kier alpha value is -0.410. The maximum atomic E-state index is 14.3. The molecule has 0 amide bonds. The van der Waals surface area contributed by atoms with Crippen LogP contribution in [0.1, 0.15) is 65.7 Å². The van der Waals surface area contributed by atoms with Crippen LogP contribution in [0.15, 0.2) is 11.1 Å². The summed E-state index contributed by atoms with van der Waals surface area (Å²) in [6.07, 6.45) is 4.43. The van der Waals surface area contributed by atoms with Gasteiger partial charge in [0.05, 0.1) is 12.2 Å². The molecule has 0 spiro atoms. The summed E-state index contributed by atoms with van der Waals surface area (Å²) in [5.41, 5.74) is 2.89. The van der Waals surface area contributed by atoms with Crippen LogP contribution in [0, 0.1) is 28.6 Å². The van der Waals surface area contributed by atoms with Gasteiger partial charge in [0.15, 0.2) is 0 Å². The third-order valence-corrected chi connectivity index (χ3v) is 8.37. The molecular weight excluding hydrogens is 291 g/mol. The smallest absolute Gasteiger partial charge is 0.127 e. The summed E-state index contributed by atoms with van der Waals surface area (Å²) in [4.78, 5) is 0. The molecule has 0 aromatic carbocycles. The van der Waals surface area contributed by atoms with E-state index >= 15 is 0 Å². The fraction of sp³-hybridized carbons (Fsp3) is 0.900. The highest BCUT2D eigenvalue weighted by atomic mass is 19.1. The Morgan fingerprint density at radius 3 is 2.52 bits per heavy atom. The first kappa shape index (κ1) is 16.1. The molecule has 3 fully saturated rings. The number of hydrogen-bond acceptors (Lipinski definition) is 2. The minimum Gasteiger partial charge on any atom is -0.393 e. The lowest BCUT2D eigenvalue weighted by Gasteiger charge is -2.58. The number of halogens is 1. The van der Waals surface area contributed by atoms with Gasteiger partial charge in [0.25, 0.3) is 0 Å². The van der Waals surface area contributed by atoms with Gasteiger partial charge in [-0.05, 0) is 80.5 Å². The first-order chi connectivity index (χ1) is 10.8. The molecule has 4 aliphatic rings. The maximum absolute atomic E-state index is 14.3. The minimum absolute atomic E-state index is 0.179. The zero-order valence-corrected chi connectivity index (χ0v) is 14.7. The van der Waals surface area contributed by atoms with Crippen LogP contribution in [0.5, 0.6) is 0 Å². The lowest BCUT2D eigenvalue weighted by Crippen LogP contribution is -2.52. The van der Waals surface area contributed by atoms with Gasteiger partial charge in [-0.25, -0.2) is 4.39 Å². The number of rotatable bonds is 0. The Bertz CT molecular complexity index is 544. The van der Waals surface area contributed by atoms with Gasteiger partial charge in [-0.3, -0.25) is 0 Å². The molecule has 2 nitrogen and oxygen atoms in total. The summed E-state index contributed by atoms with van der Waals surface area (Å²) in [6, 6.07) is 0. The zero-order chi connectivity index (χ0) is 16.6. The topological polar surface area (TPSA) is 40.5 Å². The molecule has 23 heavy (non-hydrogen) atoms. The van der Waals surface area contributed by atoms with Crippen molar-refractivity contribution in [2.24, 2.45) is 28.6 Å². The normalized spacial score (nSPS) is 56.1. The summed E-state index contributed by atoms with van der Waals surface area (Å²) in [7, 11) is 0. The van der Waals surface area contributed by atoms with Crippen LogP contribution in [0.3, 0.4) is 0 Å². The quantitative estimate of drug-likeness (QED) is 0.662. The van der Waals surface area contributed by atoms with Crippen LogP contribution in [-0.4, -0.2) is 28.6 Å². The molecule has 0 aromatic heterocycles. The molecule has 3 unspecified atom stereocenters. The van der Waals surface area contributed by atoms with E-state index in [9.17, 15) is 14.6 Å². The molecule has 0 heterocycles. The number of aliphatic hydroxyl groups excluding tert-OH is 2. The van der Waals surface area contributed by atoms with E-state index in [1.807, 2.05) is 0 Å². The Labute approximate surface area is 139 Å². The molecule has 3 heteroatoms. The van der Waals surface area contributed by atoms with Gasteiger partial charge < -0.3 is 10.2 Å². The van der Waals surface area contributed by atoms with Crippen molar-refractivity contribution in [1.29, 1.82) is 0 Å². The third-order valence-electron chi connectivity index (χ3n) is 8.37. The Balaban J connectivity index is 1.73. The number of fused-ring (bicyclic) bond motifs is 5. The van der Waals surface area contributed by atoms with Crippen molar-refractivity contribution in [3.63, 3.8) is 0 Å². The van der Waals surface area contributed by atoms with E-state index < -0.39 is 12.3 Å². The number of allylic oxidation sites excluding steroid dienone is 1. The van der Waals surface area contributed by atoms with Crippen molar-refractivity contribution in [3.05, 3.63) is 11.1 Å². The maximum Gasteiger partial charge on any atom is 0.127 e. The second-order valence-electron chi connectivity index (χ2n) is 9.39. The van der Waals surface area contributed by atoms with Crippen LogP contribution < -0.4 is 0 Å². The molecule has 0 saturated heterocycles. The average Bonchev–Trinajstić information content (AvgIpc) is 2.73. The molecule has 3 saturated carbocycles. The molecule has 4 aliphatic carbocycles. The first-order valence-electron chi connectivity index (χ1n) is 9.46. The van der Waals surface area contributed by atoms with Crippen molar-refractivity contribution < 1.29 is 14.6 Å². The van der Waals surface area contributed by atoms with E-state index in [4.69, 9.17) is 0 Å². The molecular formula is C20H31FO2. The number of aliphatic hydroxyl groups is 2. The Morgan fingerprint density at radius 2 is 1.78 bits per heavy atom. The lowest BCUT2D eigenvalue weighted by molar-refractivity contribution is -0.0779. The van der Waals surface area contributed by atoms with Gasteiger partial charge in [-0.15, -0.1) is 0 Å². The van der Waals surface area contributed by atoms with Crippen molar-refractivity contribution in [2.75, 3.05) is 0 Å². The third kappa shape index (κ3) is 2.05. The highest BCUT2D eigenvalue weighted by Crippen LogP contribution is 2.66. The van der Waals surface area contributed by atoms with Gasteiger partial charge in [0.1, 0.15) is 6.17 Å². The number of hydrogen-bond donors (Lipinski definition) is 2. The Morgan fingerprint density at radius 1 is 1.04 bits per heavy atom. The molecule has 0 bridgehead atoms. The average molecular weight is 322 g/mol. The summed E-state index contributed by atoms with van der Waals surface area (Å²) < 4.78 is 14.3. The van der Waals surface area contributed by atoms with Crippen molar-refractivity contribution in [2.45, 2.75) is 84.1 Å².